The van der Waals surface area contributed by atoms with Crippen molar-refractivity contribution in [1.29, 1.82) is 0 Å². The molecule has 1 atom stereocenters. The molecular weight excluding hydrogens is 140 g/mol. The lowest BCUT2D eigenvalue weighted by Gasteiger charge is -2.18. The van der Waals surface area contributed by atoms with Gasteiger partial charge in [-0.2, -0.15) is 0 Å². The van der Waals surface area contributed by atoms with Gasteiger partial charge >= 0.3 is 0 Å². The van der Waals surface area contributed by atoms with Crippen molar-refractivity contribution < 1.29 is 4.74 Å². The van der Waals surface area contributed by atoms with E-state index in [4.69, 9.17) is 4.74 Å². The summed E-state index contributed by atoms with van der Waals surface area (Å²) in [4.78, 5) is 6.82. The van der Waals surface area contributed by atoms with Crippen LogP contribution in [0.15, 0.2) is 4.99 Å². The van der Waals surface area contributed by atoms with E-state index in [1.807, 2.05) is 0 Å². The summed E-state index contributed by atoms with van der Waals surface area (Å²) in [5, 5.41) is 0. The summed E-state index contributed by atoms with van der Waals surface area (Å²) in [6.07, 6.45) is 2.64. The highest BCUT2D eigenvalue weighted by Crippen LogP contribution is 2.22. The summed E-state index contributed by atoms with van der Waals surface area (Å²) < 4.78 is 5.06. The monoisotopic (exact) mass is 154 g/mol. The third-order valence-electron chi connectivity index (χ3n) is 2.47. The molecule has 0 aromatic carbocycles. The first-order chi connectivity index (χ1) is 5.42. The highest BCUT2D eigenvalue weighted by atomic mass is 16.5. The fraction of sp³-hybridized carbons (Fsp3) is 0.875. The summed E-state index contributed by atoms with van der Waals surface area (Å²) in [5.74, 6) is 1.16. The molecule has 62 valence electrons. The van der Waals surface area contributed by atoms with Gasteiger partial charge in [-0.25, -0.2) is 0 Å². The maximum Gasteiger partial charge on any atom is 0.126 e. The second kappa shape index (κ2) is 2.81. The molecule has 2 heterocycles. The molecule has 1 saturated heterocycles. The van der Waals surface area contributed by atoms with Gasteiger partial charge in [0.05, 0.1) is 6.54 Å². The second-order valence-electron chi connectivity index (χ2n) is 3.18. The Morgan fingerprint density at radius 1 is 1.73 bits per heavy atom. The molecule has 0 aromatic heterocycles. The van der Waals surface area contributed by atoms with Crippen molar-refractivity contribution in [2.45, 2.75) is 18.9 Å². The number of rotatable bonds is 2. The first-order valence-corrected chi connectivity index (χ1v) is 4.20. The minimum absolute atomic E-state index is 0.691. The van der Waals surface area contributed by atoms with Crippen molar-refractivity contribution in [3.05, 3.63) is 0 Å². The van der Waals surface area contributed by atoms with E-state index in [0.717, 1.165) is 12.4 Å². The van der Waals surface area contributed by atoms with Crippen molar-refractivity contribution in [1.82, 2.24) is 4.90 Å². The molecule has 2 aliphatic rings. The molecule has 1 unspecified atom stereocenters. The molecule has 11 heavy (non-hydrogen) atoms. The Labute approximate surface area is 67.1 Å². The maximum atomic E-state index is 5.06. The van der Waals surface area contributed by atoms with E-state index in [2.05, 4.69) is 9.89 Å². The fourth-order valence-corrected chi connectivity index (χ4v) is 1.92. The fourth-order valence-electron chi connectivity index (χ4n) is 1.92. The Kier molecular flexibility index (Phi) is 1.82. The molecule has 0 bridgehead atoms. The summed E-state index contributed by atoms with van der Waals surface area (Å²) in [5.41, 5.74) is 0. The van der Waals surface area contributed by atoms with Crippen LogP contribution in [0.1, 0.15) is 12.8 Å². The SMILES string of the molecule is COCC1=NCC2CCCN12. The first kappa shape index (κ1) is 7.10. The predicted octanol–water partition coefficient (Wildman–Crippen LogP) is 0.509. The lowest BCUT2D eigenvalue weighted by molar-refractivity contribution is 0.232. The number of fused-ring (bicyclic) bond motifs is 1. The van der Waals surface area contributed by atoms with E-state index in [1.54, 1.807) is 7.11 Å². The molecule has 0 amide bonds. The van der Waals surface area contributed by atoms with Gasteiger partial charge < -0.3 is 9.64 Å². The first-order valence-electron chi connectivity index (χ1n) is 4.20. The number of ether oxygens (including phenoxy) is 1. The minimum Gasteiger partial charge on any atom is -0.377 e. The van der Waals surface area contributed by atoms with Gasteiger partial charge in [-0.05, 0) is 12.8 Å². The highest BCUT2D eigenvalue weighted by molar-refractivity contribution is 5.85. The number of hydrogen-bond acceptors (Lipinski definition) is 3. The number of amidine groups is 1. The van der Waals surface area contributed by atoms with E-state index < -0.39 is 0 Å². The Hall–Kier alpha value is -0.570. The summed E-state index contributed by atoms with van der Waals surface area (Å²) >= 11 is 0. The van der Waals surface area contributed by atoms with Crippen LogP contribution in [0.4, 0.5) is 0 Å². The van der Waals surface area contributed by atoms with E-state index in [1.165, 1.54) is 19.4 Å². The summed E-state index contributed by atoms with van der Waals surface area (Å²) in [6, 6.07) is 0.708. The third-order valence-corrected chi connectivity index (χ3v) is 2.47. The van der Waals surface area contributed by atoms with Gasteiger partial charge in [0, 0.05) is 19.7 Å². The van der Waals surface area contributed by atoms with Gasteiger partial charge in [-0.1, -0.05) is 0 Å². The molecule has 0 radical (unpaired) electrons. The van der Waals surface area contributed by atoms with Crippen LogP contribution >= 0.6 is 0 Å². The summed E-state index contributed by atoms with van der Waals surface area (Å²) in [7, 11) is 1.73. The zero-order chi connectivity index (χ0) is 7.68. The molecule has 0 aromatic rings. The molecule has 2 rings (SSSR count). The number of hydrogen-bond donors (Lipinski definition) is 0. The highest BCUT2D eigenvalue weighted by Gasteiger charge is 2.30. The molecule has 0 saturated carbocycles. The number of aliphatic imine (C=N–C) groups is 1. The second-order valence-corrected chi connectivity index (χ2v) is 3.18. The van der Waals surface area contributed by atoms with Crippen LogP contribution in [0, 0.1) is 0 Å². The number of nitrogens with zero attached hydrogens (tertiary/aromatic N) is 2. The quantitative estimate of drug-likeness (QED) is 0.579. The van der Waals surface area contributed by atoms with Crippen molar-refractivity contribution in [3.8, 4) is 0 Å². The zero-order valence-corrected chi connectivity index (χ0v) is 6.92. The lowest BCUT2D eigenvalue weighted by Crippen LogP contribution is -2.33. The standard InChI is InChI=1S/C8H14N2O/c1-11-6-8-9-5-7-3-2-4-10(7)8/h7H,2-6H2,1H3. The van der Waals surface area contributed by atoms with Crippen LogP contribution in [-0.2, 0) is 4.74 Å². The van der Waals surface area contributed by atoms with Gasteiger partial charge in [0.2, 0.25) is 0 Å². The third kappa shape index (κ3) is 1.13. The molecule has 3 heteroatoms. The molecule has 0 N–H and O–H groups in total. The van der Waals surface area contributed by atoms with Crippen LogP contribution in [-0.4, -0.2) is 43.6 Å². The van der Waals surface area contributed by atoms with Crippen LogP contribution in [0.5, 0.6) is 0 Å². The van der Waals surface area contributed by atoms with Crippen molar-refractivity contribution in [2.24, 2.45) is 4.99 Å². The van der Waals surface area contributed by atoms with Crippen LogP contribution in [0.2, 0.25) is 0 Å². The molecule has 0 spiro atoms. The molecule has 3 nitrogen and oxygen atoms in total. The Balaban J connectivity index is 2.00. The van der Waals surface area contributed by atoms with Gasteiger partial charge in [0.1, 0.15) is 12.4 Å². The van der Waals surface area contributed by atoms with E-state index in [-0.39, 0.29) is 0 Å². The summed E-state index contributed by atoms with van der Waals surface area (Å²) in [6.45, 7) is 2.88. The van der Waals surface area contributed by atoms with E-state index >= 15 is 0 Å². The van der Waals surface area contributed by atoms with E-state index in [0.29, 0.717) is 12.6 Å². The normalized spacial score (nSPS) is 29.0. The van der Waals surface area contributed by atoms with Gasteiger partial charge in [0.15, 0.2) is 0 Å². The lowest BCUT2D eigenvalue weighted by atomic mass is 10.2. The van der Waals surface area contributed by atoms with Crippen molar-refractivity contribution in [3.63, 3.8) is 0 Å². The average molecular weight is 154 g/mol. The van der Waals surface area contributed by atoms with Crippen molar-refractivity contribution >= 4 is 5.84 Å². The molecule has 0 aliphatic carbocycles. The topological polar surface area (TPSA) is 24.8 Å². The molecular formula is C8H14N2O. The van der Waals surface area contributed by atoms with Gasteiger partial charge in [-0.3, -0.25) is 4.99 Å². The van der Waals surface area contributed by atoms with Gasteiger partial charge in [-0.15, -0.1) is 0 Å². The Bertz CT molecular complexity index is 179. The van der Waals surface area contributed by atoms with Crippen LogP contribution in [0.3, 0.4) is 0 Å². The van der Waals surface area contributed by atoms with Crippen LogP contribution in [0.25, 0.3) is 0 Å². The number of methoxy groups -OCH3 is 1. The average Bonchev–Trinajstić information content (AvgIpc) is 2.53. The Morgan fingerprint density at radius 2 is 2.64 bits per heavy atom. The zero-order valence-electron chi connectivity index (χ0n) is 6.92. The Morgan fingerprint density at radius 3 is 3.45 bits per heavy atom. The maximum absolute atomic E-state index is 5.06. The predicted molar refractivity (Wildman–Crippen MR) is 43.9 cm³/mol. The molecule has 1 fully saturated rings. The van der Waals surface area contributed by atoms with Crippen LogP contribution < -0.4 is 0 Å². The van der Waals surface area contributed by atoms with Gasteiger partial charge in [0.25, 0.3) is 0 Å². The smallest absolute Gasteiger partial charge is 0.126 e. The van der Waals surface area contributed by atoms with E-state index in [9.17, 15) is 0 Å². The minimum atomic E-state index is 0.691. The molecule has 2 aliphatic heterocycles. The largest absolute Gasteiger partial charge is 0.377 e. The van der Waals surface area contributed by atoms with Crippen molar-refractivity contribution in [2.75, 3.05) is 26.8 Å².